The van der Waals surface area contributed by atoms with Crippen LogP contribution in [0.5, 0.6) is 5.75 Å². The molecule has 19 heavy (non-hydrogen) atoms. The number of para-hydroxylation sites is 1. The van der Waals surface area contributed by atoms with Crippen molar-refractivity contribution in [3.05, 3.63) is 35.4 Å². The minimum atomic E-state index is -0.321. The highest BCUT2D eigenvalue weighted by atomic mass is 16.5. The summed E-state index contributed by atoms with van der Waals surface area (Å²) in [6.07, 6.45) is 2.60. The van der Waals surface area contributed by atoms with Crippen molar-refractivity contribution in [2.24, 2.45) is 0 Å². The number of hydrogen-bond donors (Lipinski definition) is 0. The minimum Gasteiger partial charge on any atom is -0.488 e. The number of esters is 1. The van der Waals surface area contributed by atoms with E-state index in [9.17, 15) is 4.79 Å². The Labute approximate surface area is 113 Å². The zero-order valence-corrected chi connectivity index (χ0v) is 11.2. The van der Waals surface area contributed by atoms with Gasteiger partial charge in [0, 0.05) is 19.1 Å². The summed E-state index contributed by atoms with van der Waals surface area (Å²) < 4.78 is 15.8. The lowest BCUT2D eigenvalue weighted by Crippen LogP contribution is -2.19. The lowest BCUT2D eigenvalue weighted by molar-refractivity contribution is -0.140. The van der Waals surface area contributed by atoms with E-state index in [2.05, 4.69) is 0 Å². The summed E-state index contributed by atoms with van der Waals surface area (Å²) in [7, 11) is 1.64. The van der Waals surface area contributed by atoms with Crippen molar-refractivity contribution in [2.75, 3.05) is 20.3 Å². The third kappa shape index (κ3) is 3.58. The molecule has 4 nitrogen and oxygen atoms in total. The molecule has 0 bridgehead atoms. The molecule has 0 aromatic heterocycles. The molecule has 0 radical (unpaired) electrons. The van der Waals surface area contributed by atoms with Gasteiger partial charge in [-0.3, -0.25) is 0 Å². The molecular weight excluding hydrogens is 244 g/mol. The molecule has 1 atom stereocenters. The Bertz CT molecular complexity index is 479. The molecule has 0 unspecified atom stereocenters. The maximum absolute atomic E-state index is 11.9. The van der Waals surface area contributed by atoms with E-state index in [0.717, 1.165) is 11.3 Å². The number of carbonyl (C=O) groups is 1. The first-order valence-electron chi connectivity index (χ1n) is 6.33. The van der Waals surface area contributed by atoms with Gasteiger partial charge in [-0.05, 0) is 19.1 Å². The van der Waals surface area contributed by atoms with Crippen LogP contribution in [0, 0.1) is 0 Å². The molecule has 1 heterocycles. The zero-order valence-electron chi connectivity index (χ0n) is 11.2. The van der Waals surface area contributed by atoms with Gasteiger partial charge in [0.2, 0.25) is 0 Å². The second kappa shape index (κ2) is 6.38. The van der Waals surface area contributed by atoms with Crippen LogP contribution in [-0.4, -0.2) is 32.4 Å². The number of fused-ring (bicyclic) bond motifs is 1. The highest BCUT2D eigenvalue weighted by Gasteiger charge is 2.18. The summed E-state index contributed by atoms with van der Waals surface area (Å²) in [6.45, 7) is 2.55. The van der Waals surface area contributed by atoms with Crippen molar-refractivity contribution in [1.29, 1.82) is 0 Å². The summed E-state index contributed by atoms with van der Waals surface area (Å²) in [4.78, 5) is 11.9. The van der Waals surface area contributed by atoms with Gasteiger partial charge in [-0.25, -0.2) is 4.79 Å². The zero-order chi connectivity index (χ0) is 13.7. The fraction of sp³-hybridized carbons (Fsp3) is 0.400. The van der Waals surface area contributed by atoms with Crippen molar-refractivity contribution >= 4 is 12.0 Å². The van der Waals surface area contributed by atoms with Crippen molar-refractivity contribution < 1.29 is 19.0 Å². The molecule has 1 aromatic rings. The van der Waals surface area contributed by atoms with Crippen LogP contribution in [-0.2, 0) is 14.3 Å². The van der Waals surface area contributed by atoms with Gasteiger partial charge in [0.1, 0.15) is 12.4 Å². The maximum Gasteiger partial charge on any atom is 0.337 e. The van der Waals surface area contributed by atoms with Gasteiger partial charge in [-0.15, -0.1) is 0 Å². The molecule has 0 saturated heterocycles. The van der Waals surface area contributed by atoms with Crippen LogP contribution in [0.4, 0.5) is 0 Å². The van der Waals surface area contributed by atoms with E-state index < -0.39 is 0 Å². The summed E-state index contributed by atoms with van der Waals surface area (Å²) in [5.41, 5.74) is 1.45. The number of methoxy groups -OCH3 is 1. The predicted octanol–water partition coefficient (Wildman–Crippen LogP) is 2.43. The monoisotopic (exact) mass is 262 g/mol. The summed E-state index contributed by atoms with van der Waals surface area (Å²) in [5.74, 6) is 0.477. The highest BCUT2D eigenvalue weighted by molar-refractivity contribution is 5.95. The van der Waals surface area contributed by atoms with Gasteiger partial charge < -0.3 is 14.2 Å². The first-order chi connectivity index (χ1) is 9.20. The van der Waals surface area contributed by atoms with E-state index in [-0.39, 0.29) is 18.7 Å². The van der Waals surface area contributed by atoms with E-state index in [1.807, 2.05) is 37.3 Å². The Morgan fingerprint density at radius 3 is 3.00 bits per heavy atom. The maximum atomic E-state index is 11.9. The van der Waals surface area contributed by atoms with E-state index in [1.165, 1.54) is 0 Å². The Hall–Kier alpha value is -1.81. The first kappa shape index (κ1) is 13.6. The number of rotatable bonds is 5. The van der Waals surface area contributed by atoms with Crippen LogP contribution < -0.4 is 4.74 Å². The Balaban J connectivity index is 1.92. The molecule has 0 spiro atoms. The van der Waals surface area contributed by atoms with Crippen molar-refractivity contribution in [3.63, 3.8) is 0 Å². The van der Waals surface area contributed by atoms with Crippen LogP contribution >= 0.6 is 0 Å². The fourth-order valence-corrected chi connectivity index (χ4v) is 1.76. The SMILES string of the molecule is CO[C@H](C)CCOC(=O)C1=Cc2ccccc2OC1. The number of benzene rings is 1. The molecule has 0 aliphatic carbocycles. The molecular formula is C15H18O4. The quantitative estimate of drug-likeness (QED) is 0.764. The highest BCUT2D eigenvalue weighted by Crippen LogP contribution is 2.26. The van der Waals surface area contributed by atoms with Crippen LogP contribution in [0.3, 0.4) is 0 Å². The molecule has 102 valence electrons. The van der Waals surface area contributed by atoms with Gasteiger partial charge in [0.05, 0.1) is 18.3 Å². The van der Waals surface area contributed by atoms with Crippen molar-refractivity contribution in [1.82, 2.24) is 0 Å². The lowest BCUT2D eigenvalue weighted by atomic mass is 10.1. The van der Waals surface area contributed by atoms with Crippen LogP contribution in [0.2, 0.25) is 0 Å². The Morgan fingerprint density at radius 1 is 1.42 bits per heavy atom. The molecule has 0 saturated carbocycles. The van der Waals surface area contributed by atoms with E-state index >= 15 is 0 Å². The molecule has 2 rings (SSSR count). The van der Waals surface area contributed by atoms with Crippen LogP contribution in [0.1, 0.15) is 18.9 Å². The largest absolute Gasteiger partial charge is 0.488 e. The lowest BCUT2D eigenvalue weighted by Gasteiger charge is -2.17. The molecule has 4 heteroatoms. The Kier molecular flexibility index (Phi) is 4.58. The molecule has 0 N–H and O–H groups in total. The molecule has 0 fully saturated rings. The number of hydrogen-bond acceptors (Lipinski definition) is 4. The summed E-state index contributed by atoms with van der Waals surface area (Å²) >= 11 is 0. The normalized spacial score (nSPS) is 14.9. The van der Waals surface area contributed by atoms with Crippen LogP contribution in [0.15, 0.2) is 29.8 Å². The minimum absolute atomic E-state index is 0.0881. The number of carbonyl (C=O) groups excluding carboxylic acids is 1. The van der Waals surface area contributed by atoms with E-state index in [1.54, 1.807) is 7.11 Å². The van der Waals surface area contributed by atoms with Crippen LogP contribution in [0.25, 0.3) is 6.08 Å². The molecule has 0 amide bonds. The van der Waals surface area contributed by atoms with Gasteiger partial charge in [-0.1, -0.05) is 18.2 Å². The van der Waals surface area contributed by atoms with Gasteiger partial charge >= 0.3 is 5.97 Å². The second-order valence-corrected chi connectivity index (χ2v) is 4.47. The third-order valence-electron chi connectivity index (χ3n) is 3.05. The first-order valence-corrected chi connectivity index (χ1v) is 6.33. The van der Waals surface area contributed by atoms with E-state index in [0.29, 0.717) is 18.6 Å². The molecule has 1 aromatic carbocycles. The van der Waals surface area contributed by atoms with Gasteiger partial charge in [-0.2, -0.15) is 0 Å². The predicted molar refractivity (Wildman–Crippen MR) is 72.0 cm³/mol. The van der Waals surface area contributed by atoms with Gasteiger partial charge in [0.25, 0.3) is 0 Å². The van der Waals surface area contributed by atoms with E-state index in [4.69, 9.17) is 14.2 Å². The molecule has 1 aliphatic heterocycles. The van der Waals surface area contributed by atoms with Crippen molar-refractivity contribution in [2.45, 2.75) is 19.4 Å². The molecule has 1 aliphatic rings. The third-order valence-corrected chi connectivity index (χ3v) is 3.05. The van der Waals surface area contributed by atoms with Crippen molar-refractivity contribution in [3.8, 4) is 5.75 Å². The van der Waals surface area contributed by atoms with Gasteiger partial charge in [0.15, 0.2) is 0 Å². The average molecular weight is 262 g/mol. The Morgan fingerprint density at radius 2 is 2.21 bits per heavy atom. The topological polar surface area (TPSA) is 44.8 Å². The second-order valence-electron chi connectivity index (χ2n) is 4.47. The summed E-state index contributed by atoms with van der Waals surface area (Å²) in [5, 5.41) is 0. The summed E-state index contributed by atoms with van der Waals surface area (Å²) in [6, 6.07) is 7.61. The number of ether oxygens (including phenoxy) is 3. The standard InChI is InChI=1S/C15H18O4/c1-11(17-2)7-8-18-15(16)13-9-12-5-3-4-6-14(12)19-10-13/h3-6,9,11H,7-8,10H2,1-2H3/t11-/m1/s1. The average Bonchev–Trinajstić information content (AvgIpc) is 2.46. The smallest absolute Gasteiger partial charge is 0.337 e. The fourth-order valence-electron chi connectivity index (χ4n) is 1.76.